The lowest BCUT2D eigenvalue weighted by Gasteiger charge is -2.20. The number of aromatic amines is 1. The van der Waals surface area contributed by atoms with Crippen LogP contribution in [0.4, 0.5) is 0 Å². The van der Waals surface area contributed by atoms with Crippen molar-refractivity contribution < 1.29 is 34.5 Å². The first-order valence-electron chi connectivity index (χ1n) is 15.6. The molecule has 5 aliphatic rings. The van der Waals surface area contributed by atoms with E-state index >= 15 is 0 Å². The highest BCUT2D eigenvalue weighted by atomic mass is 32.2. The number of aromatic nitrogens is 1. The Morgan fingerprint density at radius 2 is 1.84 bits per heavy atom. The molecule has 1 aromatic rings. The maximum absolute atomic E-state index is 12.6. The summed E-state index contributed by atoms with van der Waals surface area (Å²) >= 11 is 1.89. The molecule has 12 heteroatoms. The number of H-pyrrole nitrogens is 1. The molecule has 6 heterocycles. The maximum Gasteiger partial charge on any atom is 0.303 e. The van der Waals surface area contributed by atoms with E-state index in [-0.39, 0.29) is 54.5 Å². The Labute approximate surface area is 266 Å². The van der Waals surface area contributed by atoms with E-state index in [1.165, 1.54) is 5.06 Å². The monoisotopic (exact) mass is 638 g/mol. The molecule has 3 unspecified atom stereocenters. The summed E-state index contributed by atoms with van der Waals surface area (Å²) in [6.07, 6.45) is 5.38. The van der Waals surface area contributed by atoms with E-state index in [1.54, 1.807) is 6.08 Å². The van der Waals surface area contributed by atoms with Gasteiger partial charge in [-0.25, -0.2) is 4.84 Å². The molecule has 6 rings (SSSR count). The largest absolute Gasteiger partial charge is 0.493 e. The van der Waals surface area contributed by atoms with E-state index < -0.39 is 17.7 Å². The number of hydrogen-bond donors (Lipinski definition) is 6. The molecule has 3 fully saturated rings. The average Bonchev–Trinajstić information content (AvgIpc) is 3.86. The molecule has 6 N–H and O–H groups in total. The number of nitrogens with zero attached hydrogens (tertiary/aromatic N) is 1. The topological polar surface area (TPSA) is 167 Å². The van der Waals surface area contributed by atoms with Crippen molar-refractivity contribution >= 4 is 35.7 Å². The quantitative estimate of drug-likeness (QED) is 0.173. The van der Waals surface area contributed by atoms with Crippen LogP contribution in [0.25, 0.3) is 6.08 Å². The molecule has 0 bridgehead atoms. The number of fused-ring (bicyclic) bond motifs is 1. The molecule has 1 amide bonds. The molecular weight excluding hydrogens is 596 g/mol. The first kappa shape index (κ1) is 31.3. The Hall–Kier alpha value is -3.64. The van der Waals surface area contributed by atoms with Gasteiger partial charge in [-0.15, -0.1) is 0 Å². The van der Waals surface area contributed by atoms with Crippen molar-refractivity contribution in [1.29, 1.82) is 0 Å². The van der Waals surface area contributed by atoms with Crippen LogP contribution in [-0.2, 0) is 32.1 Å². The number of thioether (sulfide) groups is 1. The van der Waals surface area contributed by atoms with Crippen LogP contribution in [0.3, 0.4) is 0 Å². The Kier molecular flexibility index (Phi) is 8.09. The molecule has 5 aliphatic heterocycles. The van der Waals surface area contributed by atoms with Crippen LogP contribution in [0.15, 0.2) is 41.0 Å². The number of rotatable bonds is 13. The van der Waals surface area contributed by atoms with Gasteiger partial charge in [0.25, 0.3) is 0 Å². The van der Waals surface area contributed by atoms with E-state index in [9.17, 15) is 29.7 Å². The summed E-state index contributed by atoms with van der Waals surface area (Å²) in [5, 5.41) is 38.4. The van der Waals surface area contributed by atoms with E-state index in [4.69, 9.17) is 4.84 Å². The smallest absolute Gasteiger partial charge is 0.303 e. The third-order valence-electron chi connectivity index (χ3n) is 10.5. The van der Waals surface area contributed by atoms with Crippen LogP contribution in [0.5, 0.6) is 0 Å². The number of hydrogen-bond acceptors (Lipinski definition) is 8. The van der Waals surface area contributed by atoms with Crippen molar-refractivity contribution in [2.24, 2.45) is 17.8 Å². The fourth-order valence-electron chi connectivity index (χ4n) is 7.67. The summed E-state index contributed by atoms with van der Waals surface area (Å²) in [7, 11) is 0. The Bertz CT molecular complexity index is 1560. The third kappa shape index (κ3) is 5.56. The minimum Gasteiger partial charge on any atom is -0.493 e. The van der Waals surface area contributed by atoms with Gasteiger partial charge in [0.15, 0.2) is 0 Å². The number of aliphatic carboxylic acids is 2. The normalized spacial score (nSPS) is 32.7. The van der Waals surface area contributed by atoms with Crippen LogP contribution >= 0.6 is 11.8 Å². The molecule has 11 nitrogen and oxygen atoms in total. The first-order valence-corrected chi connectivity index (χ1v) is 16.7. The Morgan fingerprint density at radius 1 is 1.16 bits per heavy atom. The van der Waals surface area contributed by atoms with Gasteiger partial charge in [0.2, 0.25) is 17.5 Å². The van der Waals surface area contributed by atoms with Gasteiger partial charge in [0, 0.05) is 83.1 Å². The summed E-state index contributed by atoms with van der Waals surface area (Å²) in [5.74, 6) is -0.453. The van der Waals surface area contributed by atoms with E-state index in [2.05, 4.69) is 22.2 Å². The highest BCUT2D eigenvalue weighted by molar-refractivity contribution is 8.06. The predicted molar refractivity (Wildman–Crippen MR) is 170 cm³/mol. The van der Waals surface area contributed by atoms with E-state index in [0.29, 0.717) is 30.9 Å². The molecule has 45 heavy (non-hydrogen) atoms. The van der Waals surface area contributed by atoms with Crippen LogP contribution in [-0.4, -0.2) is 72.0 Å². The van der Waals surface area contributed by atoms with Crippen molar-refractivity contribution in [2.45, 2.75) is 89.3 Å². The zero-order chi connectivity index (χ0) is 32.4. The van der Waals surface area contributed by atoms with E-state index in [1.807, 2.05) is 45.5 Å². The van der Waals surface area contributed by atoms with Gasteiger partial charge in [0.05, 0.1) is 6.04 Å². The van der Waals surface area contributed by atoms with Crippen LogP contribution in [0.1, 0.15) is 69.0 Å². The number of aliphatic hydroxyl groups excluding tert-OH is 1. The minimum absolute atomic E-state index is 0.000409. The van der Waals surface area contributed by atoms with Crippen molar-refractivity contribution in [3.05, 3.63) is 63.5 Å². The summed E-state index contributed by atoms with van der Waals surface area (Å²) in [5.41, 5.74) is 6.37. The second-order valence-corrected chi connectivity index (χ2v) is 14.3. The zero-order valence-corrected chi connectivity index (χ0v) is 26.9. The lowest BCUT2D eigenvalue weighted by Crippen LogP contribution is -2.34. The number of aliphatic hydroxyl groups is 1. The lowest BCUT2D eigenvalue weighted by molar-refractivity contribution is -0.138. The third-order valence-corrected chi connectivity index (χ3v) is 11.5. The van der Waals surface area contributed by atoms with Crippen molar-refractivity contribution in [2.75, 3.05) is 5.75 Å². The molecule has 0 radical (unpaired) electrons. The molecule has 7 atom stereocenters. The van der Waals surface area contributed by atoms with Gasteiger partial charge in [-0.05, 0) is 55.0 Å². The number of nitrogens with one attached hydrogen (secondary N) is 3. The molecule has 1 aromatic heterocycles. The summed E-state index contributed by atoms with van der Waals surface area (Å²) in [6.45, 7) is 11.8. The predicted octanol–water partition coefficient (Wildman–Crippen LogP) is 4.18. The second kappa shape index (κ2) is 11.6. The van der Waals surface area contributed by atoms with Crippen molar-refractivity contribution in [3.8, 4) is 0 Å². The van der Waals surface area contributed by atoms with Gasteiger partial charge in [-0.2, -0.15) is 16.8 Å². The average molecular weight is 639 g/mol. The fourth-order valence-corrected chi connectivity index (χ4v) is 8.65. The number of amides is 1. The van der Waals surface area contributed by atoms with Crippen LogP contribution in [0.2, 0.25) is 0 Å². The standard InChI is InChI=1S/C33H42N4O7S/c1-6-19-18(5)33(37(44-33)32(19)43)13-26-16(3)21(8-10-29(40)41)24(35-26)12-23-20(7-9-28(38)39)15(2)22(34-23)11-25-30(27-14-45-27)17(4)31(42)36-25/h6,12,17-18,25-27,30,34-35,43H,1,7-11,13-14H2,2-5H3,(H,36,42)(H,38,39)(H,40,41)/b24-12-/t17-,18?,25?,26?,27+,30-,33+,37?/m1/s1. The first-order chi connectivity index (χ1) is 21.4. The van der Waals surface area contributed by atoms with Crippen LogP contribution < -0.4 is 10.6 Å². The highest BCUT2D eigenvalue weighted by Crippen LogP contribution is 2.57. The number of carboxylic acids is 2. The second-order valence-electron chi connectivity index (χ2n) is 13.0. The number of allylic oxidation sites excluding steroid dienone is 2. The molecular formula is C33H42N4O7S. The van der Waals surface area contributed by atoms with Crippen molar-refractivity contribution in [1.82, 2.24) is 20.7 Å². The molecule has 242 valence electrons. The molecule has 0 spiro atoms. The number of carboxylic acid groups (broad SMARTS) is 2. The van der Waals surface area contributed by atoms with Gasteiger partial charge in [0.1, 0.15) is 0 Å². The van der Waals surface area contributed by atoms with Gasteiger partial charge in [-0.3, -0.25) is 14.4 Å². The fraction of sp³-hybridized carbons (Fsp3) is 0.545. The number of hydroxylamine groups is 2. The highest BCUT2D eigenvalue weighted by Gasteiger charge is 2.67. The number of carbonyl (C=O) groups is 3. The van der Waals surface area contributed by atoms with E-state index in [0.717, 1.165) is 50.7 Å². The Morgan fingerprint density at radius 3 is 2.47 bits per heavy atom. The molecule has 0 aromatic carbocycles. The van der Waals surface area contributed by atoms with Crippen molar-refractivity contribution in [3.63, 3.8) is 0 Å². The van der Waals surface area contributed by atoms with Crippen LogP contribution in [0, 0.1) is 24.7 Å². The van der Waals surface area contributed by atoms with Gasteiger partial charge in [-0.1, -0.05) is 26.5 Å². The minimum atomic E-state index is -0.890. The number of carbonyl (C=O) groups excluding carboxylic acids is 1. The Balaban J connectivity index is 1.31. The summed E-state index contributed by atoms with van der Waals surface area (Å²) in [6, 6.07) is -0.172. The molecule has 0 saturated carbocycles. The zero-order valence-electron chi connectivity index (χ0n) is 26.1. The summed E-state index contributed by atoms with van der Waals surface area (Å²) in [4.78, 5) is 45.3. The summed E-state index contributed by atoms with van der Waals surface area (Å²) < 4.78 is 0. The lowest BCUT2D eigenvalue weighted by atomic mass is 9.86. The SMILES string of the molecule is C=CC1=C(O)N2O[C@@]2(CC2N/C(=C\c3[nH]c(CC4NC(=O)[C@H](C)[C@H]4[C@@H]4CS4)c(C)c3CCC(=O)O)C(CCC(=O)O)=C2C)C1C. The molecule has 0 aliphatic carbocycles. The maximum atomic E-state index is 12.6. The molecule has 3 saturated heterocycles. The van der Waals surface area contributed by atoms with Gasteiger partial charge >= 0.3 is 11.9 Å². The van der Waals surface area contributed by atoms with Gasteiger partial charge < -0.3 is 30.9 Å².